The Labute approximate surface area is 153 Å². The summed E-state index contributed by atoms with van der Waals surface area (Å²) in [6.45, 7) is 0.354. The van der Waals surface area contributed by atoms with Gasteiger partial charge in [0.15, 0.2) is 0 Å². The van der Waals surface area contributed by atoms with Crippen LogP contribution in [0, 0.1) is 0 Å². The van der Waals surface area contributed by atoms with E-state index in [2.05, 4.69) is 0 Å². The lowest BCUT2D eigenvalue weighted by molar-refractivity contribution is 0.0695. The van der Waals surface area contributed by atoms with Crippen LogP contribution in [0.3, 0.4) is 0 Å². The molecule has 1 aliphatic carbocycles. The summed E-state index contributed by atoms with van der Waals surface area (Å²) in [6.07, 6.45) is 7.36. The van der Waals surface area contributed by atoms with Crippen molar-refractivity contribution in [3.8, 4) is 0 Å². The van der Waals surface area contributed by atoms with Crippen LogP contribution >= 0.6 is 11.6 Å². The summed E-state index contributed by atoms with van der Waals surface area (Å²) in [6, 6.07) is 10.8. The smallest absolute Gasteiger partial charge is 0.255 e. The highest BCUT2D eigenvalue weighted by molar-refractivity contribution is 6.31. The zero-order valence-corrected chi connectivity index (χ0v) is 15.2. The maximum atomic E-state index is 12.8. The van der Waals surface area contributed by atoms with Gasteiger partial charge in [0.1, 0.15) is 0 Å². The van der Waals surface area contributed by atoms with E-state index in [0.717, 1.165) is 18.4 Å². The number of amides is 1. The molecular weight excluding hydrogens is 336 g/mol. The molecule has 0 spiro atoms. The molecule has 3 rings (SSSR count). The van der Waals surface area contributed by atoms with Crippen LogP contribution < -0.4 is 5.56 Å². The van der Waals surface area contributed by atoms with Gasteiger partial charge < -0.3 is 9.47 Å². The number of nitrogens with zero attached hydrogens (tertiary/aromatic N) is 2. The highest BCUT2D eigenvalue weighted by Crippen LogP contribution is 2.23. The first-order valence-corrected chi connectivity index (χ1v) is 9.15. The van der Waals surface area contributed by atoms with Gasteiger partial charge in [0, 0.05) is 30.4 Å². The number of aromatic nitrogens is 1. The lowest BCUT2D eigenvalue weighted by Gasteiger charge is -2.31. The van der Waals surface area contributed by atoms with E-state index in [1.165, 1.54) is 25.3 Å². The van der Waals surface area contributed by atoms with Crippen molar-refractivity contribution in [2.75, 3.05) is 7.05 Å². The van der Waals surface area contributed by atoms with Gasteiger partial charge in [0.2, 0.25) is 0 Å². The minimum Gasteiger partial charge on any atom is -0.339 e. The summed E-state index contributed by atoms with van der Waals surface area (Å²) < 4.78 is 1.54. The van der Waals surface area contributed by atoms with Crippen LogP contribution in [0.1, 0.15) is 48.0 Å². The second-order valence-corrected chi connectivity index (χ2v) is 7.09. The molecule has 5 heteroatoms. The zero-order valence-electron chi connectivity index (χ0n) is 14.5. The molecule has 4 nitrogen and oxygen atoms in total. The van der Waals surface area contributed by atoms with Gasteiger partial charge >= 0.3 is 0 Å². The monoisotopic (exact) mass is 358 g/mol. The number of halogens is 1. The molecule has 1 amide bonds. The van der Waals surface area contributed by atoms with Gasteiger partial charge in [-0.2, -0.15) is 0 Å². The van der Waals surface area contributed by atoms with E-state index in [1.54, 1.807) is 22.9 Å². The number of pyridine rings is 1. The van der Waals surface area contributed by atoms with E-state index in [0.29, 0.717) is 23.2 Å². The summed E-state index contributed by atoms with van der Waals surface area (Å²) in [5.74, 6) is -0.0280. The third-order valence-corrected chi connectivity index (χ3v) is 5.34. The number of hydrogen-bond donors (Lipinski definition) is 0. The summed E-state index contributed by atoms with van der Waals surface area (Å²) in [7, 11) is 1.86. The summed E-state index contributed by atoms with van der Waals surface area (Å²) in [5, 5.41) is 0.616. The van der Waals surface area contributed by atoms with E-state index in [4.69, 9.17) is 11.6 Å². The minimum atomic E-state index is -0.142. The minimum absolute atomic E-state index is 0.0280. The Morgan fingerprint density at radius 2 is 1.88 bits per heavy atom. The Morgan fingerprint density at radius 1 is 1.16 bits per heavy atom. The fourth-order valence-corrected chi connectivity index (χ4v) is 3.62. The molecule has 25 heavy (non-hydrogen) atoms. The van der Waals surface area contributed by atoms with Crippen LogP contribution in [0.4, 0.5) is 0 Å². The number of benzene rings is 1. The van der Waals surface area contributed by atoms with E-state index in [1.807, 2.05) is 30.1 Å². The molecule has 0 bridgehead atoms. The number of carbonyl (C=O) groups excluding carboxylic acids is 1. The summed E-state index contributed by atoms with van der Waals surface area (Å²) in [5.41, 5.74) is 1.26. The molecule has 0 aliphatic heterocycles. The van der Waals surface area contributed by atoms with Gasteiger partial charge in [-0.15, -0.1) is 0 Å². The Balaban J connectivity index is 1.82. The van der Waals surface area contributed by atoms with E-state index in [9.17, 15) is 9.59 Å². The molecule has 0 radical (unpaired) electrons. The molecule has 1 aliphatic rings. The van der Waals surface area contributed by atoms with Crippen LogP contribution in [0.25, 0.3) is 0 Å². The van der Waals surface area contributed by atoms with Gasteiger partial charge in [-0.3, -0.25) is 9.59 Å². The van der Waals surface area contributed by atoms with Gasteiger partial charge in [-0.1, -0.05) is 49.1 Å². The molecular formula is C20H23ClN2O2. The van der Waals surface area contributed by atoms with Gasteiger partial charge in [0.25, 0.3) is 11.5 Å². The van der Waals surface area contributed by atoms with Crippen molar-refractivity contribution in [3.05, 3.63) is 69.1 Å². The molecule has 0 unspecified atom stereocenters. The first-order valence-electron chi connectivity index (χ1n) is 8.77. The first kappa shape index (κ1) is 17.7. The topological polar surface area (TPSA) is 42.3 Å². The van der Waals surface area contributed by atoms with Gasteiger partial charge in [-0.25, -0.2) is 0 Å². The molecule has 0 saturated heterocycles. The molecule has 132 valence electrons. The highest BCUT2D eigenvalue weighted by atomic mass is 35.5. The quantitative estimate of drug-likeness (QED) is 0.830. The fourth-order valence-electron chi connectivity index (χ4n) is 3.43. The van der Waals surface area contributed by atoms with E-state index >= 15 is 0 Å². The number of hydrogen-bond acceptors (Lipinski definition) is 2. The molecule has 1 saturated carbocycles. The molecule has 1 fully saturated rings. The lowest BCUT2D eigenvalue weighted by atomic mass is 9.94. The van der Waals surface area contributed by atoms with Crippen molar-refractivity contribution < 1.29 is 4.79 Å². The molecule has 1 aromatic carbocycles. The predicted octanol–water partition coefficient (Wildman–Crippen LogP) is 3.95. The Hall–Kier alpha value is -2.07. The molecule has 1 heterocycles. The number of rotatable bonds is 4. The molecule has 1 aromatic heterocycles. The number of carbonyl (C=O) groups is 1. The van der Waals surface area contributed by atoms with Crippen LogP contribution in [0.2, 0.25) is 5.02 Å². The van der Waals surface area contributed by atoms with Gasteiger partial charge in [-0.05, 0) is 30.5 Å². The highest BCUT2D eigenvalue weighted by Gasteiger charge is 2.23. The lowest BCUT2D eigenvalue weighted by Crippen LogP contribution is -2.38. The second kappa shape index (κ2) is 7.87. The van der Waals surface area contributed by atoms with Crippen molar-refractivity contribution in [1.82, 2.24) is 9.47 Å². The third kappa shape index (κ3) is 4.13. The van der Waals surface area contributed by atoms with Crippen molar-refractivity contribution in [1.29, 1.82) is 0 Å². The SMILES string of the molecule is CN(C(=O)c1ccc(=O)n(Cc2ccccc2Cl)c1)C1CCCCC1. The van der Waals surface area contributed by atoms with Crippen LogP contribution in [-0.2, 0) is 6.54 Å². The average molecular weight is 359 g/mol. The molecule has 2 aromatic rings. The summed E-state index contributed by atoms with van der Waals surface area (Å²) >= 11 is 6.19. The maximum absolute atomic E-state index is 12.8. The standard InChI is InChI=1S/C20H23ClN2O2/c1-22(17-8-3-2-4-9-17)20(25)16-11-12-19(24)23(14-16)13-15-7-5-6-10-18(15)21/h5-7,10-12,14,17H,2-4,8-9,13H2,1H3. The van der Waals surface area contributed by atoms with Crippen molar-refractivity contribution in [3.63, 3.8) is 0 Å². The van der Waals surface area contributed by atoms with Gasteiger partial charge in [0.05, 0.1) is 12.1 Å². The van der Waals surface area contributed by atoms with Crippen LogP contribution in [0.15, 0.2) is 47.4 Å². The maximum Gasteiger partial charge on any atom is 0.255 e. The predicted molar refractivity (Wildman–Crippen MR) is 100 cm³/mol. The van der Waals surface area contributed by atoms with Crippen LogP contribution in [-0.4, -0.2) is 28.5 Å². The van der Waals surface area contributed by atoms with Crippen molar-refractivity contribution >= 4 is 17.5 Å². The Bertz CT molecular complexity index is 809. The van der Waals surface area contributed by atoms with Crippen molar-refractivity contribution in [2.45, 2.75) is 44.7 Å². The summed E-state index contributed by atoms with van der Waals surface area (Å²) in [4.78, 5) is 26.8. The average Bonchev–Trinajstić information content (AvgIpc) is 2.65. The van der Waals surface area contributed by atoms with Crippen molar-refractivity contribution in [2.24, 2.45) is 0 Å². The molecule has 0 atom stereocenters. The Morgan fingerprint density at radius 3 is 2.60 bits per heavy atom. The van der Waals surface area contributed by atoms with E-state index < -0.39 is 0 Å². The largest absolute Gasteiger partial charge is 0.339 e. The third-order valence-electron chi connectivity index (χ3n) is 4.97. The molecule has 0 N–H and O–H groups in total. The Kier molecular flexibility index (Phi) is 5.59. The van der Waals surface area contributed by atoms with E-state index in [-0.39, 0.29) is 11.5 Å². The normalized spacial score (nSPS) is 15.1. The fraction of sp³-hybridized carbons (Fsp3) is 0.400. The first-order chi connectivity index (χ1) is 12.1. The second-order valence-electron chi connectivity index (χ2n) is 6.68. The zero-order chi connectivity index (χ0) is 17.8. The van der Waals surface area contributed by atoms with Crippen LogP contribution in [0.5, 0.6) is 0 Å².